The van der Waals surface area contributed by atoms with Crippen LogP contribution in [0.5, 0.6) is 0 Å². The maximum atomic E-state index is 13.9. The molecule has 0 amide bonds. The van der Waals surface area contributed by atoms with E-state index >= 15 is 0 Å². The van der Waals surface area contributed by atoms with Gasteiger partial charge >= 0.3 is 0 Å². The number of allylic oxidation sites excluding steroid dienone is 1. The molecule has 0 radical (unpaired) electrons. The van der Waals surface area contributed by atoms with E-state index in [2.05, 4.69) is 258 Å². The molecule has 33 nitrogen and oxygen atoms in total. The van der Waals surface area contributed by atoms with Gasteiger partial charge in [-0.15, -0.1) is 0 Å². The van der Waals surface area contributed by atoms with Crippen molar-refractivity contribution in [2.45, 2.75) is 126 Å². The van der Waals surface area contributed by atoms with Crippen molar-refractivity contribution >= 4 is 137 Å². The summed E-state index contributed by atoms with van der Waals surface area (Å²) in [4.78, 5) is 52.3. The molecule has 0 saturated heterocycles. The topological polar surface area (TPSA) is 452 Å². The van der Waals surface area contributed by atoms with Gasteiger partial charge in [0.15, 0.2) is 34.9 Å². The molecule has 34 heteroatoms. The molecule has 20 aromatic rings. The highest BCUT2D eigenvalue weighted by Crippen LogP contribution is 2.40. The van der Waals surface area contributed by atoms with Gasteiger partial charge in [0, 0.05) is 120 Å². The number of unbranched alkanes of at least 4 members (excludes halogenated alkanes) is 1. The molecular weight excluding hydrogens is 1780 g/mol. The number of halogens is 1. The average Bonchev–Trinajstić information content (AvgIpc) is 1.66. The lowest BCUT2D eigenvalue weighted by atomic mass is 10.1. The van der Waals surface area contributed by atoms with Crippen molar-refractivity contribution in [1.29, 1.82) is 0 Å². The SMILES string of the molecule is CC(C)=CCNc1nc(N)nc2ccn(Cc3ccccc3)c12.CC(CNc1nc(N)nc2ccn(Cc3ccccc3)c12)C1CC1.CC1CC1CNc1nc(N)nc2ccn(Cc3ccccc3)c12.CCCCNc1nc(N)nc2ccn(Cc3ccccc3F)c12.Cc1cc(CNc2nc(N)nc3ccn(Cc4ccccc4)c23)no1.Nc1nc(NCc2ccoc2)c2c(ccn2Cc2ccccc2)n1. The summed E-state index contributed by atoms with van der Waals surface area (Å²) in [7, 11) is 0. The molecule has 142 heavy (non-hydrogen) atoms. The summed E-state index contributed by atoms with van der Waals surface area (Å²) in [5.41, 5.74) is 55.7. The second kappa shape index (κ2) is 45.8. The van der Waals surface area contributed by atoms with E-state index in [1.807, 2.05) is 158 Å². The maximum Gasteiger partial charge on any atom is 0.222 e. The van der Waals surface area contributed by atoms with Crippen LogP contribution in [0.1, 0.15) is 117 Å². The van der Waals surface area contributed by atoms with Gasteiger partial charge in [-0.05, 0) is 146 Å². The number of fused-ring (bicyclic) bond motifs is 6. The number of aryl methyl sites for hydroxylation is 1. The van der Waals surface area contributed by atoms with Crippen LogP contribution in [0, 0.1) is 36.4 Å². The van der Waals surface area contributed by atoms with Gasteiger partial charge in [0.1, 0.15) is 50.4 Å². The van der Waals surface area contributed by atoms with Gasteiger partial charge in [-0.3, -0.25) is 0 Å². The zero-order chi connectivity index (χ0) is 98.4. The van der Waals surface area contributed by atoms with Crippen LogP contribution in [-0.4, -0.2) is 119 Å². The molecule has 22 rings (SSSR count). The summed E-state index contributed by atoms with van der Waals surface area (Å²) in [6.45, 7) is 21.5. The quantitative estimate of drug-likeness (QED) is 0.0138. The molecule has 18 N–H and O–H groups in total. The van der Waals surface area contributed by atoms with E-state index in [0.29, 0.717) is 61.2 Å². The number of nitrogen functional groups attached to an aromatic ring is 6. The third-order valence-electron chi connectivity index (χ3n) is 24.6. The van der Waals surface area contributed by atoms with Gasteiger partial charge in [-0.2, -0.15) is 29.9 Å². The molecule has 0 spiro atoms. The second-order valence-corrected chi connectivity index (χ2v) is 35.9. The van der Waals surface area contributed by atoms with Crippen LogP contribution >= 0.6 is 0 Å². The van der Waals surface area contributed by atoms with Crippen molar-refractivity contribution in [3.05, 3.63) is 342 Å². The Morgan fingerprint density at radius 3 is 1.10 bits per heavy atom. The summed E-state index contributed by atoms with van der Waals surface area (Å²) >= 11 is 0. The standard InChI is InChI=1S/C19H23N5.C18H18N6O.C18H17N5O.2C18H21N5.C17H20FN5/c1-13(15-7-8-15)11-21-18-17-16(22-19(20)23-18)9-10-24(17)12-14-5-3-2-4-6-14;1-12-9-14(23-25-12)10-20-17-16-15(21-18(19)22-17)7-8-24(16)11-13-5-3-2-4-6-13;19-18-21-15-6-8-23(11-13-4-2-1-3-5-13)16(15)17(22-18)20-10-14-7-9-24-12-14;1-12-9-14(12)10-20-17-16-15(21-18(19)22-17)7-8-23(16)11-13-5-3-2-4-6-13;1-13(2)8-10-20-17-16-15(21-18(19)22-17)9-11-23(16)12-14-6-4-3-5-7-14;1-2-3-9-20-16-15-14(21-17(19)22-16)8-10-23(15)11-12-6-4-5-7-13(12)18/h2-6,9-10,13,15H,7-8,11-12H2,1H3,(H3,20,21,22,23);2-9H,10-11H2,1H3,(H3,19,20,21,22);1-9,12H,10-11H2,(H3,19,20,21,22);2-8,12,14H,9-11H2,1H3,(H3,19,20,21,22);3-9,11H,10,12H2,1-2H3,(H3,19,20,21,22);4-8,10H,2-3,9,11H2,1H3,(H3,19,20,21,22). The third kappa shape index (κ3) is 25.4. The van der Waals surface area contributed by atoms with E-state index in [1.54, 1.807) is 24.7 Å². The minimum Gasteiger partial charge on any atom is -0.472 e. The van der Waals surface area contributed by atoms with Crippen LogP contribution in [-0.2, 0) is 52.4 Å². The first-order valence-electron chi connectivity index (χ1n) is 47.9. The third-order valence-corrected chi connectivity index (χ3v) is 24.6. The second-order valence-electron chi connectivity index (χ2n) is 35.9. The lowest BCUT2D eigenvalue weighted by molar-refractivity contribution is 0.391. The van der Waals surface area contributed by atoms with Gasteiger partial charge in [0.2, 0.25) is 35.7 Å². The molecule has 0 aliphatic heterocycles. The number of benzene rings is 6. The van der Waals surface area contributed by atoms with Crippen molar-refractivity contribution < 1.29 is 13.3 Å². The number of aromatic nitrogens is 19. The number of nitrogens with zero attached hydrogens (tertiary/aromatic N) is 19. The smallest absolute Gasteiger partial charge is 0.222 e. The van der Waals surface area contributed by atoms with Crippen LogP contribution in [0.25, 0.3) is 66.2 Å². The van der Waals surface area contributed by atoms with Gasteiger partial charge in [0.25, 0.3) is 0 Å². The number of furan rings is 1. The molecule has 3 atom stereocenters. The molecule has 3 unspecified atom stereocenters. The van der Waals surface area contributed by atoms with E-state index < -0.39 is 0 Å². The minimum absolute atomic E-state index is 0.216. The Morgan fingerprint density at radius 2 is 0.761 bits per heavy atom. The molecule has 2 aliphatic rings. The Morgan fingerprint density at radius 1 is 0.415 bits per heavy atom. The van der Waals surface area contributed by atoms with Gasteiger partial charge in [-0.1, -0.05) is 214 Å². The normalized spacial score (nSPS) is 13.2. The lowest BCUT2D eigenvalue weighted by Gasteiger charge is -2.14. The molecule has 2 saturated carbocycles. The molecule has 0 bridgehead atoms. The predicted molar refractivity (Wildman–Crippen MR) is 567 cm³/mol. The number of hydrogen-bond acceptors (Lipinski definition) is 27. The van der Waals surface area contributed by atoms with Crippen LogP contribution in [0.4, 0.5) is 75.0 Å². The van der Waals surface area contributed by atoms with Crippen LogP contribution in [0.3, 0.4) is 0 Å². The monoisotopic (exact) mass is 1900 g/mol. The molecule has 726 valence electrons. The lowest BCUT2D eigenvalue weighted by Crippen LogP contribution is -2.15. The highest BCUT2D eigenvalue weighted by atomic mass is 19.1. The molecule has 14 heterocycles. The highest BCUT2D eigenvalue weighted by molar-refractivity contribution is 5.92. The number of rotatable bonds is 32. The zero-order valence-electron chi connectivity index (χ0n) is 80.5. The van der Waals surface area contributed by atoms with Crippen LogP contribution in [0.15, 0.2) is 295 Å². The molecular formula is C108H120FN31O2. The van der Waals surface area contributed by atoms with Crippen molar-refractivity contribution in [3.63, 3.8) is 0 Å². The van der Waals surface area contributed by atoms with Gasteiger partial charge < -0.3 is 103 Å². The number of hydrogen-bond donors (Lipinski definition) is 12. The van der Waals surface area contributed by atoms with Crippen molar-refractivity contribution in [2.75, 3.05) is 92.5 Å². The summed E-state index contributed by atoms with van der Waals surface area (Å²) in [5.74, 6) is 9.86. The van der Waals surface area contributed by atoms with Crippen molar-refractivity contribution in [3.8, 4) is 0 Å². The fourth-order valence-electron chi connectivity index (χ4n) is 17.0. The first-order chi connectivity index (χ1) is 69.2. The highest BCUT2D eigenvalue weighted by Gasteiger charge is 2.33. The number of anilines is 12. The van der Waals surface area contributed by atoms with E-state index in [1.165, 1.54) is 58.7 Å². The Hall–Kier alpha value is -17.2. The van der Waals surface area contributed by atoms with Crippen molar-refractivity contribution in [2.24, 2.45) is 23.7 Å². The summed E-state index contributed by atoms with van der Waals surface area (Å²) in [6, 6.07) is 74.0. The van der Waals surface area contributed by atoms with Crippen LogP contribution in [0.2, 0.25) is 0 Å². The van der Waals surface area contributed by atoms with Crippen molar-refractivity contribution in [1.82, 2.24) is 92.4 Å². The van der Waals surface area contributed by atoms with Gasteiger partial charge in [0.05, 0.1) is 58.7 Å². The van der Waals surface area contributed by atoms with E-state index in [-0.39, 0.29) is 29.6 Å². The molecule has 2 fully saturated rings. The molecule has 14 aromatic heterocycles. The Kier molecular flexibility index (Phi) is 31.1. The van der Waals surface area contributed by atoms with E-state index in [4.69, 9.17) is 43.3 Å². The zero-order valence-corrected chi connectivity index (χ0v) is 80.5. The summed E-state index contributed by atoms with van der Waals surface area (Å²) < 4.78 is 36.8. The number of nitrogens with two attached hydrogens (primary N) is 6. The fraction of sp³-hybridized carbons (Fsp3) is 0.250. The predicted octanol–water partition coefficient (Wildman–Crippen LogP) is 19.7. The first kappa shape index (κ1) is 96.5. The average molecular weight is 1900 g/mol. The molecule has 6 aromatic carbocycles. The van der Waals surface area contributed by atoms with E-state index in [9.17, 15) is 4.39 Å². The Bertz CT molecular complexity index is 7560. The largest absolute Gasteiger partial charge is 0.472 e. The Balaban J connectivity index is 0.000000117. The first-order valence-corrected chi connectivity index (χ1v) is 47.9. The number of nitrogens with one attached hydrogen (secondary N) is 6. The minimum atomic E-state index is -0.216. The summed E-state index contributed by atoms with van der Waals surface area (Å²) in [5, 5.41) is 24.3. The summed E-state index contributed by atoms with van der Waals surface area (Å²) in [6.07, 6.45) is 23.6. The van der Waals surface area contributed by atoms with E-state index in [0.717, 1.165) is 189 Å². The fourth-order valence-corrected chi connectivity index (χ4v) is 17.0. The van der Waals surface area contributed by atoms with Crippen LogP contribution < -0.4 is 66.3 Å². The maximum absolute atomic E-state index is 13.9. The Labute approximate surface area is 822 Å². The van der Waals surface area contributed by atoms with Gasteiger partial charge in [-0.25, -0.2) is 34.3 Å². The molecule has 2 aliphatic carbocycles.